The van der Waals surface area contributed by atoms with Crippen LogP contribution in [0.2, 0.25) is 0 Å². The van der Waals surface area contributed by atoms with E-state index in [-0.39, 0.29) is 17.9 Å². The van der Waals surface area contributed by atoms with E-state index in [0.717, 1.165) is 0 Å². The van der Waals surface area contributed by atoms with Crippen LogP contribution in [0, 0.1) is 10.1 Å². The van der Waals surface area contributed by atoms with Crippen LogP contribution in [0.25, 0.3) is 11.0 Å². The lowest BCUT2D eigenvalue weighted by Gasteiger charge is -2.13. The van der Waals surface area contributed by atoms with Gasteiger partial charge in [0.05, 0.1) is 17.6 Å². The molecule has 0 aliphatic heterocycles. The van der Waals surface area contributed by atoms with Crippen molar-refractivity contribution in [2.45, 2.75) is 6.61 Å². The number of methoxy groups -OCH3 is 1. The molecule has 0 saturated heterocycles. The summed E-state index contributed by atoms with van der Waals surface area (Å²) in [6.07, 6.45) is 0. The monoisotopic (exact) mass is 398 g/mol. The van der Waals surface area contributed by atoms with Crippen LogP contribution in [-0.4, -0.2) is 32.1 Å². The Balaban J connectivity index is 1.87. The van der Waals surface area contributed by atoms with Gasteiger partial charge in [0.1, 0.15) is 23.6 Å². The minimum absolute atomic E-state index is 0.0382. The Labute approximate surface area is 165 Å². The highest BCUT2D eigenvalue weighted by Gasteiger charge is 2.20. The van der Waals surface area contributed by atoms with Crippen molar-refractivity contribution < 1.29 is 23.6 Å². The van der Waals surface area contributed by atoms with Crippen molar-refractivity contribution >= 4 is 28.3 Å². The number of hydrogen-bond donors (Lipinski definition) is 0. The Bertz CT molecular complexity index is 1150. The van der Waals surface area contributed by atoms with Crippen molar-refractivity contribution in [3.63, 3.8) is 0 Å². The van der Waals surface area contributed by atoms with Crippen molar-refractivity contribution in [3.05, 3.63) is 74.1 Å². The molecule has 1 heterocycles. The number of ether oxygens (including phenoxy) is 2. The van der Waals surface area contributed by atoms with Gasteiger partial charge in [-0.1, -0.05) is 0 Å². The van der Waals surface area contributed by atoms with E-state index in [4.69, 9.17) is 13.9 Å². The summed E-state index contributed by atoms with van der Waals surface area (Å²) in [5.41, 5.74) is 0.356. The van der Waals surface area contributed by atoms with E-state index < -0.39 is 16.5 Å². The predicted octanol–water partition coefficient (Wildman–Crippen LogP) is 3.13. The van der Waals surface area contributed by atoms with Crippen molar-refractivity contribution in [1.82, 2.24) is 0 Å². The molecule has 0 aliphatic carbocycles. The second kappa shape index (κ2) is 8.01. The fourth-order valence-electron chi connectivity index (χ4n) is 2.86. The van der Waals surface area contributed by atoms with Crippen molar-refractivity contribution in [2.75, 3.05) is 26.1 Å². The van der Waals surface area contributed by atoms with Crippen LogP contribution in [0.4, 0.5) is 11.4 Å². The first-order valence-electron chi connectivity index (χ1n) is 8.54. The number of nitro groups is 1. The normalized spacial score (nSPS) is 10.6. The number of carbonyl (C=O) groups excluding carboxylic acids is 1. The third kappa shape index (κ3) is 4.18. The van der Waals surface area contributed by atoms with Crippen LogP contribution >= 0.6 is 0 Å². The highest BCUT2D eigenvalue weighted by atomic mass is 16.6. The predicted molar refractivity (Wildman–Crippen MR) is 106 cm³/mol. The number of rotatable bonds is 6. The van der Waals surface area contributed by atoms with Gasteiger partial charge < -0.3 is 18.8 Å². The van der Waals surface area contributed by atoms with Gasteiger partial charge in [-0.05, 0) is 24.3 Å². The average molecular weight is 398 g/mol. The van der Waals surface area contributed by atoms with Gasteiger partial charge in [-0.2, -0.15) is 0 Å². The summed E-state index contributed by atoms with van der Waals surface area (Å²) in [7, 11) is 4.83. The van der Waals surface area contributed by atoms with Gasteiger partial charge in [0.15, 0.2) is 0 Å². The largest absolute Gasteiger partial charge is 0.497 e. The van der Waals surface area contributed by atoms with Crippen LogP contribution in [-0.2, 0) is 11.3 Å². The molecule has 0 spiro atoms. The molecule has 3 aromatic rings. The number of anilines is 1. The van der Waals surface area contributed by atoms with E-state index in [2.05, 4.69) is 0 Å². The highest BCUT2D eigenvalue weighted by Crippen LogP contribution is 2.28. The lowest BCUT2D eigenvalue weighted by atomic mass is 10.1. The quantitative estimate of drug-likeness (QED) is 0.269. The van der Waals surface area contributed by atoms with Crippen LogP contribution in [0.1, 0.15) is 15.9 Å². The van der Waals surface area contributed by atoms with Gasteiger partial charge >= 0.3 is 11.6 Å². The van der Waals surface area contributed by atoms with E-state index in [0.29, 0.717) is 28.0 Å². The Hall–Kier alpha value is -3.88. The number of carbonyl (C=O) groups is 1. The van der Waals surface area contributed by atoms with E-state index in [9.17, 15) is 19.7 Å². The van der Waals surface area contributed by atoms with E-state index in [1.165, 1.54) is 31.4 Å². The Kier molecular flexibility index (Phi) is 5.49. The zero-order chi connectivity index (χ0) is 21.1. The lowest BCUT2D eigenvalue weighted by Crippen LogP contribution is -2.13. The molecule has 29 heavy (non-hydrogen) atoms. The summed E-state index contributed by atoms with van der Waals surface area (Å²) in [4.78, 5) is 36.5. The number of benzene rings is 2. The average Bonchev–Trinajstić information content (AvgIpc) is 2.70. The molecular formula is C20H18N2O7. The van der Waals surface area contributed by atoms with Crippen molar-refractivity contribution in [2.24, 2.45) is 0 Å². The van der Waals surface area contributed by atoms with Crippen molar-refractivity contribution in [3.8, 4) is 5.75 Å². The number of nitrogens with zero attached hydrogens (tertiary/aromatic N) is 2. The smallest absolute Gasteiger partial charge is 0.338 e. The number of nitro benzene ring substituents is 1. The van der Waals surface area contributed by atoms with E-state index in [1.54, 1.807) is 37.2 Å². The molecule has 0 unspecified atom stereocenters. The molecular weight excluding hydrogens is 380 g/mol. The van der Waals surface area contributed by atoms with Crippen molar-refractivity contribution in [1.29, 1.82) is 0 Å². The molecule has 0 saturated carbocycles. The van der Waals surface area contributed by atoms with E-state index in [1.807, 2.05) is 0 Å². The molecule has 0 N–H and O–H groups in total. The van der Waals surface area contributed by atoms with Gasteiger partial charge in [0, 0.05) is 43.2 Å². The van der Waals surface area contributed by atoms with Gasteiger partial charge in [-0.3, -0.25) is 10.1 Å². The fourth-order valence-corrected chi connectivity index (χ4v) is 2.86. The molecule has 0 radical (unpaired) electrons. The summed E-state index contributed by atoms with van der Waals surface area (Å²) in [5.74, 6) is -0.226. The second-order valence-corrected chi connectivity index (χ2v) is 6.38. The molecule has 2 aromatic carbocycles. The van der Waals surface area contributed by atoms with Crippen LogP contribution in [0.5, 0.6) is 5.75 Å². The summed E-state index contributed by atoms with van der Waals surface area (Å²) >= 11 is 0. The highest BCUT2D eigenvalue weighted by molar-refractivity contribution is 5.91. The number of hydrogen-bond acceptors (Lipinski definition) is 8. The maximum atomic E-state index is 12.4. The molecule has 0 bridgehead atoms. The summed E-state index contributed by atoms with van der Waals surface area (Å²) in [5, 5.41) is 11.9. The summed E-state index contributed by atoms with van der Waals surface area (Å²) < 4.78 is 15.5. The van der Waals surface area contributed by atoms with Gasteiger partial charge in [0.25, 0.3) is 5.69 Å². The minimum Gasteiger partial charge on any atom is -0.497 e. The molecule has 0 aliphatic rings. The SMILES string of the molecule is COc1ccc2c(COC(=O)c3ccc(N(C)C)c([N+](=O)[O-])c3)cc(=O)oc2c1. The van der Waals surface area contributed by atoms with Crippen LogP contribution in [0.15, 0.2) is 51.7 Å². The lowest BCUT2D eigenvalue weighted by molar-refractivity contribution is -0.384. The minimum atomic E-state index is -0.742. The van der Waals surface area contributed by atoms with Crippen LogP contribution in [0.3, 0.4) is 0 Å². The molecule has 0 fully saturated rings. The maximum absolute atomic E-state index is 12.4. The van der Waals surface area contributed by atoms with Crippen LogP contribution < -0.4 is 15.3 Å². The maximum Gasteiger partial charge on any atom is 0.338 e. The fraction of sp³-hybridized carbons (Fsp3) is 0.200. The molecule has 3 rings (SSSR count). The zero-order valence-corrected chi connectivity index (χ0v) is 16.0. The molecule has 0 atom stereocenters. The first-order valence-corrected chi connectivity index (χ1v) is 8.54. The Morgan fingerprint density at radius 1 is 1.17 bits per heavy atom. The standard InChI is InChI=1S/C20H18N2O7/c1-21(2)16-7-4-12(8-17(16)22(25)26)20(24)28-11-13-9-19(23)29-18-10-14(27-3)5-6-15(13)18/h4-10H,11H2,1-3H3. The Morgan fingerprint density at radius 2 is 1.93 bits per heavy atom. The molecule has 150 valence electrons. The Morgan fingerprint density at radius 3 is 2.59 bits per heavy atom. The molecule has 0 amide bonds. The van der Waals surface area contributed by atoms with Gasteiger partial charge in [-0.25, -0.2) is 9.59 Å². The first-order chi connectivity index (χ1) is 13.8. The molecule has 9 heteroatoms. The first kappa shape index (κ1) is 19.9. The van der Waals surface area contributed by atoms with Gasteiger partial charge in [-0.15, -0.1) is 0 Å². The second-order valence-electron chi connectivity index (χ2n) is 6.38. The summed E-state index contributed by atoms with van der Waals surface area (Å²) in [6.45, 7) is -0.198. The summed E-state index contributed by atoms with van der Waals surface area (Å²) in [6, 6.07) is 10.3. The third-order valence-corrected chi connectivity index (χ3v) is 4.29. The third-order valence-electron chi connectivity index (χ3n) is 4.29. The molecule has 9 nitrogen and oxygen atoms in total. The van der Waals surface area contributed by atoms with Gasteiger partial charge in [0.2, 0.25) is 0 Å². The van der Waals surface area contributed by atoms with E-state index >= 15 is 0 Å². The number of esters is 1. The molecule has 1 aromatic heterocycles. The number of fused-ring (bicyclic) bond motifs is 1. The zero-order valence-electron chi connectivity index (χ0n) is 16.0. The topological polar surface area (TPSA) is 112 Å².